The highest BCUT2D eigenvalue weighted by Crippen LogP contribution is 2.32. The van der Waals surface area contributed by atoms with Gasteiger partial charge in [0.2, 0.25) is 0 Å². The summed E-state index contributed by atoms with van der Waals surface area (Å²) in [5.74, 6) is 1.34. The summed E-state index contributed by atoms with van der Waals surface area (Å²) in [6.07, 6.45) is 1.18. The highest BCUT2D eigenvalue weighted by molar-refractivity contribution is 5.42. The van der Waals surface area contributed by atoms with Gasteiger partial charge in [-0.1, -0.05) is 6.07 Å². The third-order valence-corrected chi connectivity index (χ3v) is 3.88. The van der Waals surface area contributed by atoms with E-state index in [4.69, 9.17) is 10.5 Å². The third-order valence-electron chi connectivity index (χ3n) is 3.88. The Labute approximate surface area is 108 Å². The van der Waals surface area contributed by atoms with E-state index in [-0.39, 0.29) is 5.75 Å². The Bertz CT molecular complexity index is 409. The SMILES string of the molecule is COc1cc(C(C)N2CCC(CN)C2)ccc1O. The average molecular weight is 250 g/mol. The van der Waals surface area contributed by atoms with Crippen LogP contribution in [0, 0.1) is 5.92 Å². The molecule has 1 aromatic carbocycles. The lowest BCUT2D eigenvalue weighted by Gasteiger charge is -2.25. The number of hydrogen-bond donors (Lipinski definition) is 2. The minimum absolute atomic E-state index is 0.190. The maximum atomic E-state index is 9.61. The molecule has 1 aliphatic rings. The third kappa shape index (κ3) is 2.60. The van der Waals surface area contributed by atoms with E-state index >= 15 is 0 Å². The van der Waals surface area contributed by atoms with Crippen LogP contribution in [-0.4, -0.2) is 36.8 Å². The van der Waals surface area contributed by atoms with Crippen molar-refractivity contribution in [2.45, 2.75) is 19.4 Å². The lowest BCUT2D eigenvalue weighted by Crippen LogP contribution is -2.26. The summed E-state index contributed by atoms with van der Waals surface area (Å²) in [5.41, 5.74) is 6.89. The first-order valence-electron chi connectivity index (χ1n) is 6.46. The van der Waals surface area contributed by atoms with Gasteiger partial charge in [0.15, 0.2) is 11.5 Å². The normalized spacial score (nSPS) is 22.1. The van der Waals surface area contributed by atoms with Crippen molar-refractivity contribution < 1.29 is 9.84 Å². The van der Waals surface area contributed by atoms with Crippen LogP contribution in [0.25, 0.3) is 0 Å². The van der Waals surface area contributed by atoms with Crippen LogP contribution in [0.1, 0.15) is 24.9 Å². The van der Waals surface area contributed by atoms with Crippen LogP contribution in [0.5, 0.6) is 11.5 Å². The first-order chi connectivity index (χ1) is 8.65. The van der Waals surface area contributed by atoms with E-state index in [1.807, 2.05) is 12.1 Å². The summed E-state index contributed by atoms with van der Waals surface area (Å²) in [4.78, 5) is 2.43. The van der Waals surface area contributed by atoms with Gasteiger partial charge >= 0.3 is 0 Å². The fraction of sp³-hybridized carbons (Fsp3) is 0.571. The zero-order valence-electron chi connectivity index (χ0n) is 11.1. The number of aromatic hydroxyl groups is 1. The Hall–Kier alpha value is -1.26. The Morgan fingerprint density at radius 3 is 2.94 bits per heavy atom. The van der Waals surface area contributed by atoms with Crippen LogP contribution in [0.3, 0.4) is 0 Å². The van der Waals surface area contributed by atoms with E-state index < -0.39 is 0 Å². The fourth-order valence-electron chi connectivity index (χ4n) is 2.57. The maximum Gasteiger partial charge on any atom is 0.160 e. The number of benzene rings is 1. The quantitative estimate of drug-likeness (QED) is 0.854. The van der Waals surface area contributed by atoms with Crippen molar-refractivity contribution in [3.05, 3.63) is 23.8 Å². The molecular formula is C14H22N2O2. The molecule has 2 rings (SSSR count). The van der Waals surface area contributed by atoms with Crippen LogP contribution in [0.15, 0.2) is 18.2 Å². The molecule has 3 N–H and O–H groups in total. The van der Waals surface area contributed by atoms with Gasteiger partial charge in [-0.25, -0.2) is 0 Å². The number of phenols is 1. The van der Waals surface area contributed by atoms with Crippen molar-refractivity contribution >= 4 is 0 Å². The van der Waals surface area contributed by atoms with E-state index in [2.05, 4.69) is 11.8 Å². The Morgan fingerprint density at radius 2 is 2.33 bits per heavy atom. The molecule has 2 atom stereocenters. The summed E-state index contributed by atoms with van der Waals surface area (Å²) in [6.45, 7) is 5.10. The molecule has 1 aliphatic heterocycles. The van der Waals surface area contributed by atoms with Gasteiger partial charge in [-0.2, -0.15) is 0 Å². The number of nitrogens with zero attached hydrogens (tertiary/aromatic N) is 1. The molecule has 1 heterocycles. The molecule has 18 heavy (non-hydrogen) atoms. The second kappa shape index (κ2) is 5.59. The van der Waals surface area contributed by atoms with Gasteiger partial charge < -0.3 is 15.6 Å². The van der Waals surface area contributed by atoms with E-state index in [1.165, 1.54) is 12.0 Å². The number of nitrogens with two attached hydrogens (primary N) is 1. The van der Waals surface area contributed by atoms with Gasteiger partial charge in [-0.05, 0) is 50.0 Å². The molecule has 0 saturated carbocycles. The van der Waals surface area contributed by atoms with Gasteiger partial charge in [0.05, 0.1) is 7.11 Å². The van der Waals surface area contributed by atoms with Crippen molar-refractivity contribution in [1.29, 1.82) is 0 Å². The van der Waals surface area contributed by atoms with Crippen LogP contribution in [-0.2, 0) is 0 Å². The monoisotopic (exact) mass is 250 g/mol. The van der Waals surface area contributed by atoms with Crippen molar-refractivity contribution in [1.82, 2.24) is 4.90 Å². The molecule has 0 spiro atoms. The largest absolute Gasteiger partial charge is 0.504 e. The number of hydrogen-bond acceptors (Lipinski definition) is 4. The minimum atomic E-state index is 0.190. The Morgan fingerprint density at radius 1 is 1.56 bits per heavy atom. The molecule has 0 aromatic heterocycles. The molecule has 0 bridgehead atoms. The van der Waals surface area contributed by atoms with Crippen molar-refractivity contribution in [2.75, 3.05) is 26.7 Å². The van der Waals surface area contributed by atoms with Crippen LogP contribution < -0.4 is 10.5 Å². The van der Waals surface area contributed by atoms with Crippen LogP contribution >= 0.6 is 0 Å². The van der Waals surface area contributed by atoms with Crippen molar-refractivity contribution in [2.24, 2.45) is 11.7 Å². The van der Waals surface area contributed by atoms with Gasteiger partial charge in [0, 0.05) is 12.6 Å². The Kier molecular flexibility index (Phi) is 4.09. The average Bonchev–Trinajstić information content (AvgIpc) is 2.87. The highest BCUT2D eigenvalue weighted by atomic mass is 16.5. The second-order valence-electron chi connectivity index (χ2n) is 4.99. The van der Waals surface area contributed by atoms with E-state index in [1.54, 1.807) is 13.2 Å². The van der Waals surface area contributed by atoms with Gasteiger partial charge in [-0.15, -0.1) is 0 Å². The molecule has 4 heteroatoms. The van der Waals surface area contributed by atoms with Gasteiger partial charge in [0.1, 0.15) is 0 Å². The minimum Gasteiger partial charge on any atom is -0.504 e. The first kappa shape index (κ1) is 13.2. The molecule has 1 saturated heterocycles. The van der Waals surface area contributed by atoms with Crippen molar-refractivity contribution in [3.8, 4) is 11.5 Å². The molecule has 100 valence electrons. The number of phenolic OH excluding ortho intramolecular Hbond substituents is 1. The standard InChI is InChI=1S/C14H22N2O2/c1-10(16-6-5-11(8-15)9-16)12-3-4-13(17)14(7-12)18-2/h3-4,7,10-11,17H,5-6,8-9,15H2,1-2H3. The predicted molar refractivity (Wildman–Crippen MR) is 71.8 cm³/mol. The van der Waals surface area contributed by atoms with E-state index in [0.29, 0.717) is 17.7 Å². The molecular weight excluding hydrogens is 228 g/mol. The predicted octanol–water partition coefficient (Wildman–Crippen LogP) is 1.74. The summed E-state index contributed by atoms with van der Waals surface area (Å²) in [5, 5.41) is 9.61. The lowest BCUT2D eigenvalue weighted by molar-refractivity contribution is 0.252. The topological polar surface area (TPSA) is 58.7 Å². The summed E-state index contributed by atoms with van der Waals surface area (Å²) in [7, 11) is 1.57. The summed E-state index contributed by atoms with van der Waals surface area (Å²) in [6, 6.07) is 5.89. The van der Waals surface area contributed by atoms with Crippen LogP contribution in [0.4, 0.5) is 0 Å². The molecule has 0 aliphatic carbocycles. The first-order valence-corrected chi connectivity index (χ1v) is 6.46. The van der Waals surface area contributed by atoms with E-state index in [9.17, 15) is 5.11 Å². The second-order valence-corrected chi connectivity index (χ2v) is 4.99. The number of rotatable bonds is 4. The fourth-order valence-corrected chi connectivity index (χ4v) is 2.57. The number of likely N-dealkylation sites (tertiary alicyclic amines) is 1. The molecule has 0 amide bonds. The molecule has 1 fully saturated rings. The van der Waals surface area contributed by atoms with Crippen LogP contribution in [0.2, 0.25) is 0 Å². The summed E-state index contributed by atoms with van der Waals surface area (Å²) >= 11 is 0. The smallest absolute Gasteiger partial charge is 0.160 e. The molecule has 1 aromatic rings. The van der Waals surface area contributed by atoms with Crippen molar-refractivity contribution in [3.63, 3.8) is 0 Å². The molecule has 4 nitrogen and oxygen atoms in total. The highest BCUT2D eigenvalue weighted by Gasteiger charge is 2.26. The van der Waals surface area contributed by atoms with Gasteiger partial charge in [0.25, 0.3) is 0 Å². The summed E-state index contributed by atoms with van der Waals surface area (Å²) < 4.78 is 5.15. The van der Waals surface area contributed by atoms with Gasteiger partial charge in [-0.3, -0.25) is 4.90 Å². The zero-order valence-corrected chi connectivity index (χ0v) is 11.1. The lowest BCUT2D eigenvalue weighted by atomic mass is 10.1. The molecule has 2 unspecified atom stereocenters. The maximum absolute atomic E-state index is 9.61. The zero-order chi connectivity index (χ0) is 13.1. The number of ether oxygens (including phenoxy) is 1. The Balaban J connectivity index is 2.11. The van der Waals surface area contributed by atoms with E-state index in [0.717, 1.165) is 19.6 Å². The molecule has 0 radical (unpaired) electrons. The number of methoxy groups -OCH3 is 1.